The molecule has 0 radical (unpaired) electrons. The molecule has 0 aromatic carbocycles. The highest BCUT2D eigenvalue weighted by Crippen LogP contribution is 2.25. The fraction of sp³-hybridized carbons (Fsp3) is 0.500. The summed E-state index contributed by atoms with van der Waals surface area (Å²) in [7, 11) is 0. The molecule has 13 heavy (non-hydrogen) atoms. The smallest absolute Gasteiger partial charge is 0.129 e. The van der Waals surface area contributed by atoms with Crippen LogP contribution in [0, 0.1) is 6.92 Å². The highest BCUT2D eigenvalue weighted by Gasteiger charge is 2.18. The molecule has 3 heteroatoms. The lowest BCUT2D eigenvalue weighted by molar-refractivity contribution is 0.640. The van der Waals surface area contributed by atoms with Crippen LogP contribution in [0.5, 0.6) is 0 Å². The van der Waals surface area contributed by atoms with E-state index in [1.807, 2.05) is 13.0 Å². The van der Waals surface area contributed by atoms with Crippen molar-refractivity contribution in [3.63, 3.8) is 0 Å². The largest absolute Gasteiger partial charge is 0.310 e. The highest BCUT2D eigenvalue weighted by molar-refractivity contribution is 6.29. The minimum Gasteiger partial charge on any atom is -0.310 e. The average molecular weight is 197 g/mol. The zero-order valence-electron chi connectivity index (χ0n) is 7.68. The van der Waals surface area contributed by atoms with Gasteiger partial charge in [0.15, 0.2) is 0 Å². The minimum absolute atomic E-state index is 0.491. The van der Waals surface area contributed by atoms with Gasteiger partial charge in [0.2, 0.25) is 0 Å². The lowest BCUT2D eigenvalue weighted by Crippen LogP contribution is -2.14. The Bertz CT molecular complexity index is 306. The number of pyridine rings is 1. The second kappa shape index (κ2) is 3.64. The lowest BCUT2D eigenvalue weighted by Gasteiger charge is -2.12. The van der Waals surface area contributed by atoms with Crippen molar-refractivity contribution in [2.45, 2.75) is 25.8 Å². The molecule has 1 aliphatic rings. The van der Waals surface area contributed by atoms with Crippen LogP contribution in [0.1, 0.15) is 30.1 Å². The number of hydrogen-bond acceptors (Lipinski definition) is 2. The molecule has 1 aliphatic heterocycles. The first-order valence-electron chi connectivity index (χ1n) is 4.64. The van der Waals surface area contributed by atoms with Gasteiger partial charge in [0, 0.05) is 11.7 Å². The van der Waals surface area contributed by atoms with Gasteiger partial charge in [-0.25, -0.2) is 4.98 Å². The average Bonchev–Trinajstić information content (AvgIpc) is 2.56. The molecule has 0 saturated carbocycles. The molecule has 1 unspecified atom stereocenters. The quantitative estimate of drug-likeness (QED) is 0.699. The van der Waals surface area contributed by atoms with Crippen LogP contribution in [0.25, 0.3) is 0 Å². The molecule has 1 aromatic rings. The van der Waals surface area contributed by atoms with Crippen molar-refractivity contribution in [1.29, 1.82) is 0 Å². The fourth-order valence-electron chi connectivity index (χ4n) is 1.86. The molecule has 1 aromatic heterocycles. The van der Waals surface area contributed by atoms with Gasteiger partial charge in [-0.1, -0.05) is 17.7 Å². The fourth-order valence-corrected chi connectivity index (χ4v) is 2.05. The Balaban J connectivity index is 2.29. The Morgan fingerprint density at radius 2 is 2.38 bits per heavy atom. The van der Waals surface area contributed by atoms with E-state index in [4.69, 9.17) is 11.6 Å². The van der Waals surface area contributed by atoms with Crippen LogP contribution >= 0.6 is 11.6 Å². The molecule has 1 atom stereocenters. The molecular formula is C10H13ClN2. The van der Waals surface area contributed by atoms with Crippen molar-refractivity contribution in [2.75, 3.05) is 6.54 Å². The molecule has 2 nitrogen and oxygen atoms in total. The molecule has 70 valence electrons. The van der Waals surface area contributed by atoms with Crippen molar-refractivity contribution >= 4 is 11.6 Å². The number of halogens is 1. The van der Waals surface area contributed by atoms with Gasteiger partial charge in [-0.05, 0) is 37.9 Å². The molecule has 1 fully saturated rings. The maximum absolute atomic E-state index is 5.79. The number of nitrogens with zero attached hydrogens (tertiary/aromatic N) is 1. The topological polar surface area (TPSA) is 24.9 Å². The van der Waals surface area contributed by atoms with Gasteiger partial charge < -0.3 is 5.32 Å². The number of nitrogens with one attached hydrogen (secondary N) is 1. The molecule has 0 amide bonds. The third-order valence-corrected chi connectivity index (χ3v) is 2.74. The minimum atomic E-state index is 0.491. The van der Waals surface area contributed by atoms with Crippen LogP contribution in [0.4, 0.5) is 0 Å². The predicted octanol–water partition coefficient (Wildman–Crippen LogP) is 2.47. The van der Waals surface area contributed by atoms with E-state index in [-0.39, 0.29) is 0 Å². The summed E-state index contributed by atoms with van der Waals surface area (Å²) in [5.41, 5.74) is 2.34. The summed E-state index contributed by atoms with van der Waals surface area (Å²) < 4.78 is 0. The molecule has 1 N–H and O–H groups in total. The first-order valence-corrected chi connectivity index (χ1v) is 5.01. The van der Waals surface area contributed by atoms with Crippen molar-refractivity contribution in [3.05, 3.63) is 28.5 Å². The zero-order valence-corrected chi connectivity index (χ0v) is 8.43. The summed E-state index contributed by atoms with van der Waals surface area (Å²) in [4.78, 5) is 4.24. The van der Waals surface area contributed by atoms with Gasteiger partial charge in [-0.3, -0.25) is 0 Å². The monoisotopic (exact) mass is 196 g/mol. The van der Waals surface area contributed by atoms with Crippen LogP contribution in [0.2, 0.25) is 5.15 Å². The summed E-state index contributed by atoms with van der Waals surface area (Å²) in [6.45, 7) is 3.13. The van der Waals surface area contributed by atoms with Gasteiger partial charge in [-0.2, -0.15) is 0 Å². The van der Waals surface area contributed by atoms with Crippen molar-refractivity contribution in [2.24, 2.45) is 0 Å². The summed E-state index contributed by atoms with van der Waals surface area (Å²) in [6, 6.07) is 4.43. The van der Waals surface area contributed by atoms with Crippen molar-refractivity contribution in [3.8, 4) is 0 Å². The molecular weight excluding hydrogens is 184 g/mol. The molecule has 0 bridgehead atoms. The second-order valence-corrected chi connectivity index (χ2v) is 3.84. The van der Waals surface area contributed by atoms with Crippen LogP contribution in [0.15, 0.2) is 12.1 Å². The second-order valence-electron chi connectivity index (χ2n) is 3.46. The maximum Gasteiger partial charge on any atom is 0.129 e. The molecule has 0 spiro atoms. The third kappa shape index (κ3) is 1.84. The van der Waals surface area contributed by atoms with Gasteiger partial charge >= 0.3 is 0 Å². The van der Waals surface area contributed by atoms with E-state index in [9.17, 15) is 0 Å². The van der Waals surface area contributed by atoms with E-state index in [1.54, 1.807) is 0 Å². The lowest BCUT2D eigenvalue weighted by atomic mass is 10.0. The third-order valence-electron chi connectivity index (χ3n) is 2.53. The Kier molecular flexibility index (Phi) is 2.51. The van der Waals surface area contributed by atoms with Crippen LogP contribution < -0.4 is 5.32 Å². The Morgan fingerprint density at radius 1 is 1.54 bits per heavy atom. The summed E-state index contributed by atoms with van der Waals surface area (Å²) in [5, 5.41) is 4.03. The van der Waals surface area contributed by atoms with Crippen LogP contribution in [-0.4, -0.2) is 11.5 Å². The number of aryl methyl sites for hydroxylation is 1. The Labute approximate surface area is 83.3 Å². The Hall–Kier alpha value is -0.600. The normalized spacial score (nSPS) is 22.2. The SMILES string of the molecule is Cc1nc(Cl)ccc1C1CCCN1. The van der Waals surface area contributed by atoms with E-state index in [1.165, 1.54) is 18.4 Å². The van der Waals surface area contributed by atoms with Gasteiger partial charge in [0.25, 0.3) is 0 Å². The summed E-state index contributed by atoms with van der Waals surface area (Å²) in [5.74, 6) is 0. The molecule has 1 saturated heterocycles. The van der Waals surface area contributed by atoms with Gasteiger partial charge in [0.05, 0.1) is 0 Å². The van der Waals surface area contributed by atoms with E-state index < -0.39 is 0 Å². The Morgan fingerprint density at radius 3 is 3.00 bits per heavy atom. The van der Waals surface area contributed by atoms with E-state index >= 15 is 0 Å². The van der Waals surface area contributed by atoms with Crippen molar-refractivity contribution in [1.82, 2.24) is 10.3 Å². The van der Waals surface area contributed by atoms with Crippen LogP contribution in [-0.2, 0) is 0 Å². The number of aromatic nitrogens is 1. The standard InChI is InChI=1S/C10H13ClN2/c1-7-8(4-5-10(11)13-7)9-3-2-6-12-9/h4-5,9,12H,2-3,6H2,1H3. The summed E-state index contributed by atoms with van der Waals surface area (Å²) in [6.07, 6.45) is 2.47. The summed E-state index contributed by atoms with van der Waals surface area (Å²) >= 11 is 5.79. The highest BCUT2D eigenvalue weighted by atomic mass is 35.5. The van der Waals surface area contributed by atoms with E-state index in [0.717, 1.165) is 12.2 Å². The zero-order chi connectivity index (χ0) is 9.26. The van der Waals surface area contributed by atoms with E-state index in [0.29, 0.717) is 11.2 Å². The number of rotatable bonds is 1. The first kappa shape index (κ1) is 8.97. The first-order chi connectivity index (χ1) is 6.27. The maximum atomic E-state index is 5.79. The number of hydrogen-bond donors (Lipinski definition) is 1. The van der Waals surface area contributed by atoms with E-state index in [2.05, 4.69) is 16.4 Å². The predicted molar refractivity (Wildman–Crippen MR) is 54.0 cm³/mol. The molecule has 0 aliphatic carbocycles. The van der Waals surface area contributed by atoms with Crippen LogP contribution in [0.3, 0.4) is 0 Å². The molecule has 2 heterocycles. The molecule has 2 rings (SSSR count). The van der Waals surface area contributed by atoms with Gasteiger partial charge in [-0.15, -0.1) is 0 Å². The van der Waals surface area contributed by atoms with Gasteiger partial charge in [0.1, 0.15) is 5.15 Å². The van der Waals surface area contributed by atoms with Crippen molar-refractivity contribution < 1.29 is 0 Å².